The molecule has 2 aliphatic rings. The Bertz CT molecular complexity index is 305. The molecule has 92 valence electrons. The Hall–Kier alpha value is -0.650. The van der Waals surface area contributed by atoms with E-state index in [9.17, 15) is 9.90 Å². The van der Waals surface area contributed by atoms with Crippen LogP contribution in [-0.4, -0.2) is 48.7 Å². The Morgan fingerprint density at radius 3 is 2.81 bits per heavy atom. The number of rotatable bonds is 3. The molecule has 1 saturated carbocycles. The smallest absolute Gasteiger partial charge is 0.308 e. The van der Waals surface area contributed by atoms with Gasteiger partial charge in [0.2, 0.25) is 0 Å². The third-order valence-corrected chi connectivity index (χ3v) is 3.91. The molecule has 0 aromatic rings. The van der Waals surface area contributed by atoms with Gasteiger partial charge in [0.25, 0.3) is 0 Å². The SMILES string of the molecule is COC(=O)C[C@]1(O)CC(OC)CC2OC21C. The van der Waals surface area contributed by atoms with Crippen LogP contribution in [0.4, 0.5) is 0 Å². The number of hydrogen-bond acceptors (Lipinski definition) is 5. The third kappa shape index (κ3) is 1.63. The van der Waals surface area contributed by atoms with Crippen LogP contribution in [0.3, 0.4) is 0 Å². The molecule has 1 aliphatic carbocycles. The van der Waals surface area contributed by atoms with E-state index in [-0.39, 0.29) is 18.6 Å². The van der Waals surface area contributed by atoms with E-state index < -0.39 is 17.2 Å². The van der Waals surface area contributed by atoms with Gasteiger partial charge in [-0.1, -0.05) is 0 Å². The molecule has 16 heavy (non-hydrogen) atoms. The summed E-state index contributed by atoms with van der Waals surface area (Å²) in [5, 5.41) is 10.5. The lowest BCUT2D eigenvalue weighted by Gasteiger charge is -2.37. The fourth-order valence-corrected chi connectivity index (χ4v) is 2.58. The number of esters is 1. The monoisotopic (exact) mass is 230 g/mol. The van der Waals surface area contributed by atoms with Gasteiger partial charge >= 0.3 is 5.97 Å². The van der Waals surface area contributed by atoms with E-state index in [2.05, 4.69) is 4.74 Å². The topological polar surface area (TPSA) is 68.3 Å². The Balaban J connectivity index is 2.13. The van der Waals surface area contributed by atoms with Crippen molar-refractivity contribution in [3.8, 4) is 0 Å². The summed E-state index contributed by atoms with van der Waals surface area (Å²) < 4.78 is 15.4. The molecule has 0 aromatic carbocycles. The first-order valence-electron chi connectivity index (χ1n) is 5.45. The summed E-state index contributed by atoms with van der Waals surface area (Å²) >= 11 is 0. The van der Waals surface area contributed by atoms with Crippen molar-refractivity contribution in [2.24, 2.45) is 0 Å². The molecule has 0 amide bonds. The first-order valence-corrected chi connectivity index (χ1v) is 5.45. The number of aliphatic hydroxyl groups is 1. The lowest BCUT2D eigenvalue weighted by Crippen LogP contribution is -2.52. The molecule has 0 aromatic heterocycles. The van der Waals surface area contributed by atoms with Crippen LogP contribution in [0.15, 0.2) is 0 Å². The molecule has 5 nitrogen and oxygen atoms in total. The molecule has 0 bridgehead atoms. The van der Waals surface area contributed by atoms with Gasteiger partial charge in [-0.15, -0.1) is 0 Å². The first-order chi connectivity index (χ1) is 7.45. The zero-order valence-electron chi connectivity index (χ0n) is 9.86. The fraction of sp³-hybridized carbons (Fsp3) is 0.909. The predicted octanol–water partition coefficient (Wildman–Crippen LogP) is 0.247. The lowest BCUT2D eigenvalue weighted by molar-refractivity contribution is -0.153. The number of carbonyl (C=O) groups is 1. The number of carbonyl (C=O) groups excluding carboxylic acids is 1. The number of epoxide rings is 1. The van der Waals surface area contributed by atoms with Crippen molar-refractivity contribution in [3.05, 3.63) is 0 Å². The van der Waals surface area contributed by atoms with Crippen molar-refractivity contribution < 1.29 is 24.1 Å². The molecule has 1 heterocycles. The van der Waals surface area contributed by atoms with Gasteiger partial charge in [-0.25, -0.2) is 0 Å². The van der Waals surface area contributed by atoms with Crippen LogP contribution >= 0.6 is 0 Å². The molecule has 0 spiro atoms. The van der Waals surface area contributed by atoms with Gasteiger partial charge in [0.05, 0.1) is 25.7 Å². The molecule has 2 rings (SSSR count). The van der Waals surface area contributed by atoms with Crippen LogP contribution in [0, 0.1) is 0 Å². The molecule has 5 heteroatoms. The summed E-state index contributed by atoms with van der Waals surface area (Å²) in [5.41, 5.74) is -1.79. The van der Waals surface area contributed by atoms with Crippen molar-refractivity contribution in [3.63, 3.8) is 0 Å². The molecule has 1 saturated heterocycles. The van der Waals surface area contributed by atoms with E-state index in [0.29, 0.717) is 6.42 Å². The minimum absolute atomic E-state index is 0.0131. The van der Waals surface area contributed by atoms with Gasteiger partial charge in [0.1, 0.15) is 11.2 Å². The summed E-state index contributed by atoms with van der Waals surface area (Å²) in [5.74, 6) is -0.422. The van der Waals surface area contributed by atoms with Crippen molar-refractivity contribution in [2.45, 2.75) is 49.6 Å². The molecule has 0 radical (unpaired) electrons. The maximum atomic E-state index is 11.3. The normalized spacial score (nSPS) is 46.0. The number of hydrogen-bond donors (Lipinski definition) is 1. The third-order valence-electron chi connectivity index (χ3n) is 3.91. The van der Waals surface area contributed by atoms with E-state index in [1.807, 2.05) is 6.92 Å². The van der Waals surface area contributed by atoms with Crippen molar-refractivity contribution in [1.82, 2.24) is 0 Å². The number of methoxy groups -OCH3 is 2. The van der Waals surface area contributed by atoms with Gasteiger partial charge in [-0.3, -0.25) is 4.79 Å². The van der Waals surface area contributed by atoms with Crippen LogP contribution in [0.25, 0.3) is 0 Å². The summed E-state index contributed by atoms with van der Waals surface area (Å²) in [4.78, 5) is 11.3. The molecule has 3 unspecified atom stereocenters. The van der Waals surface area contributed by atoms with E-state index in [4.69, 9.17) is 9.47 Å². The van der Waals surface area contributed by atoms with Crippen molar-refractivity contribution in [1.29, 1.82) is 0 Å². The van der Waals surface area contributed by atoms with Gasteiger partial charge in [-0.2, -0.15) is 0 Å². The first kappa shape index (κ1) is 11.8. The van der Waals surface area contributed by atoms with Crippen LogP contribution in [0.1, 0.15) is 26.2 Å². The second kappa shape index (κ2) is 3.68. The highest BCUT2D eigenvalue weighted by Gasteiger charge is 2.69. The largest absolute Gasteiger partial charge is 0.469 e. The molecule has 2 fully saturated rings. The maximum absolute atomic E-state index is 11.3. The van der Waals surface area contributed by atoms with Crippen molar-refractivity contribution in [2.75, 3.05) is 14.2 Å². The molecular weight excluding hydrogens is 212 g/mol. The average molecular weight is 230 g/mol. The Kier molecular flexibility index (Phi) is 2.72. The predicted molar refractivity (Wildman–Crippen MR) is 54.9 cm³/mol. The highest BCUT2D eigenvalue weighted by atomic mass is 16.6. The zero-order valence-corrected chi connectivity index (χ0v) is 9.86. The summed E-state index contributed by atoms with van der Waals surface area (Å²) in [7, 11) is 2.92. The number of fused-ring (bicyclic) bond motifs is 1. The highest BCUT2D eigenvalue weighted by Crippen LogP contribution is 2.55. The van der Waals surface area contributed by atoms with Crippen molar-refractivity contribution >= 4 is 5.97 Å². The Morgan fingerprint density at radius 1 is 1.56 bits per heavy atom. The summed E-state index contributed by atoms with van der Waals surface area (Å²) in [6, 6.07) is 0. The van der Waals surface area contributed by atoms with E-state index in [1.165, 1.54) is 7.11 Å². The molecule has 4 atom stereocenters. The molecule has 1 N–H and O–H groups in total. The van der Waals surface area contributed by atoms with Gasteiger partial charge in [0.15, 0.2) is 0 Å². The average Bonchev–Trinajstić information content (AvgIpc) is 2.90. The summed E-state index contributed by atoms with van der Waals surface area (Å²) in [6.07, 6.45) is 1.06. The Labute approximate surface area is 94.7 Å². The van der Waals surface area contributed by atoms with Crippen LogP contribution in [0.2, 0.25) is 0 Å². The van der Waals surface area contributed by atoms with Gasteiger partial charge in [0, 0.05) is 20.0 Å². The second-order valence-corrected chi connectivity index (χ2v) is 4.80. The highest BCUT2D eigenvalue weighted by molar-refractivity contribution is 5.71. The molecular formula is C11H18O5. The zero-order chi connectivity index (χ0) is 12.0. The Morgan fingerprint density at radius 2 is 2.25 bits per heavy atom. The number of ether oxygens (including phenoxy) is 3. The second-order valence-electron chi connectivity index (χ2n) is 4.80. The maximum Gasteiger partial charge on any atom is 0.308 e. The fourth-order valence-electron chi connectivity index (χ4n) is 2.58. The minimum Gasteiger partial charge on any atom is -0.469 e. The lowest BCUT2D eigenvalue weighted by atomic mass is 9.73. The van der Waals surface area contributed by atoms with E-state index in [1.54, 1.807) is 7.11 Å². The van der Waals surface area contributed by atoms with E-state index >= 15 is 0 Å². The quantitative estimate of drug-likeness (QED) is 0.556. The van der Waals surface area contributed by atoms with Crippen LogP contribution < -0.4 is 0 Å². The van der Waals surface area contributed by atoms with E-state index in [0.717, 1.165) is 6.42 Å². The minimum atomic E-state index is -1.18. The van der Waals surface area contributed by atoms with Gasteiger partial charge in [-0.05, 0) is 6.92 Å². The van der Waals surface area contributed by atoms with Crippen LogP contribution in [0.5, 0.6) is 0 Å². The summed E-state index contributed by atoms with van der Waals surface area (Å²) in [6.45, 7) is 1.84. The van der Waals surface area contributed by atoms with Crippen LogP contribution in [-0.2, 0) is 19.0 Å². The standard InChI is InChI=1S/C11H18O5/c1-10-8(16-10)4-7(14-2)5-11(10,13)6-9(12)15-3/h7-8,13H,4-6H2,1-3H3/t7?,8?,10?,11-/m1/s1. The van der Waals surface area contributed by atoms with Gasteiger partial charge < -0.3 is 19.3 Å². The molecule has 1 aliphatic heterocycles.